The van der Waals surface area contributed by atoms with Crippen molar-refractivity contribution in [3.8, 4) is 0 Å². The normalized spacial score (nSPS) is 18.9. The van der Waals surface area contributed by atoms with Crippen molar-refractivity contribution in [1.29, 1.82) is 0 Å². The fourth-order valence-corrected chi connectivity index (χ4v) is 2.50. The van der Waals surface area contributed by atoms with Gasteiger partial charge in [0.1, 0.15) is 0 Å². The van der Waals surface area contributed by atoms with Gasteiger partial charge >= 0.3 is 0 Å². The molecule has 2 heterocycles. The molecule has 21 heavy (non-hydrogen) atoms. The number of carbonyl (C=O) groups excluding carboxylic acids is 2. The average Bonchev–Trinajstić information content (AvgIpc) is 2.94. The van der Waals surface area contributed by atoms with E-state index in [1.165, 1.54) is 0 Å². The van der Waals surface area contributed by atoms with Gasteiger partial charge in [-0.3, -0.25) is 14.3 Å². The molecule has 1 atom stereocenters. The summed E-state index contributed by atoms with van der Waals surface area (Å²) < 4.78 is 1.84. The second kappa shape index (κ2) is 6.28. The van der Waals surface area contributed by atoms with Crippen LogP contribution in [-0.2, 0) is 16.1 Å². The Morgan fingerprint density at radius 1 is 1.43 bits per heavy atom. The molecule has 1 aromatic rings. The summed E-state index contributed by atoms with van der Waals surface area (Å²) >= 11 is 0. The van der Waals surface area contributed by atoms with Crippen LogP contribution in [0, 0.1) is 11.8 Å². The van der Waals surface area contributed by atoms with Crippen LogP contribution in [0.4, 0.5) is 5.69 Å². The molecule has 0 bridgehead atoms. The van der Waals surface area contributed by atoms with Crippen LogP contribution in [0.1, 0.15) is 34.1 Å². The van der Waals surface area contributed by atoms with Crippen LogP contribution in [-0.4, -0.2) is 34.2 Å². The number of anilines is 1. The van der Waals surface area contributed by atoms with Gasteiger partial charge in [0.2, 0.25) is 11.8 Å². The summed E-state index contributed by atoms with van der Waals surface area (Å²) in [5.41, 5.74) is 0.778. The first kappa shape index (κ1) is 15.5. The maximum Gasteiger partial charge on any atom is 0.227 e. The molecule has 0 aliphatic carbocycles. The highest BCUT2D eigenvalue weighted by molar-refractivity contribution is 6.00. The standard InChI is InChI=1S/C15H24N4O2/c1-10(2)7-18-9-13(6-16-18)19-8-12(5-14(19)20)15(21)17-11(3)4/h6,9-12H,5,7-8H2,1-4H3,(H,17,21). The van der Waals surface area contributed by atoms with Crippen molar-refractivity contribution < 1.29 is 9.59 Å². The molecule has 1 aliphatic rings. The van der Waals surface area contributed by atoms with E-state index in [1.807, 2.05) is 24.7 Å². The van der Waals surface area contributed by atoms with Crippen LogP contribution in [0.15, 0.2) is 12.4 Å². The lowest BCUT2D eigenvalue weighted by Crippen LogP contribution is -2.36. The monoisotopic (exact) mass is 292 g/mol. The number of hydrogen-bond donors (Lipinski definition) is 1. The number of nitrogens with one attached hydrogen (secondary N) is 1. The fourth-order valence-electron chi connectivity index (χ4n) is 2.50. The topological polar surface area (TPSA) is 67.2 Å². The van der Waals surface area contributed by atoms with E-state index in [9.17, 15) is 9.59 Å². The smallest absolute Gasteiger partial charge is 0.227 e. The van der Waals surface area contributed by atoms with Gasteiger partial charge < -0.3 is 10.2 Å². The summed E-state index contributed by atoms with van der Waals surface area (Å²) in [6.45, 7) is 9.33. The van der Waals surface area contributed by atoms with Gasteiger partial charge in [0.25, 0.3) is 0 Å². The molecule has 2 amide bonds. The third-order valence-corrected chi connectivity index (χ3v) is 3.41. The lowest BCUT2D eigenvalue weighted by molar-refractivity contribution is -0.126. The van der Waals surface area contributed by atoms with Crippen molar-refractivity contribution in [2.75, 3.05) is 11.4 Å². The molecule has 1 fully saturated rings. The highest BCUT2D eigenvalue weighted by atomic mass is 16.2. The summed E-state index contributed by atoms with van der Waals surface area (Å²) in [5, 5.41) is 7.15. The number of carbonyl (C=O) groups is 2. The zero-order chi connectivity index (χ0) is 15.6. The zero-order valence-corrected chi connectivity index (χ0v) is 13.2. The number of aromatic nitrogens is 2. The van der Waals surface area contributed by atoms with Crippen molar-refractivity contribution in [2.24, 2.45) is 11.8 Å². The van der Waals surface area contributed by atoms with Crippen LogP contribution < -0.4 is 10.2 Å². The van der Waals surface area contributed by atoms with Crippen molar-refractivity contribution in [3.05, 3.63) is 12.4 Å². The molecule has 0 radical (unpaired) electrons. The Morgan fingerprint density at radius 3 is 2.76 bits per heavy atom. The van der Waals surface area contributed by atoms with Crippen LogP contribution in [0.5, 0.6) is 0 Å². The van der Waals surface area contributed by atoms with Gasteiger partial charge in [0.15, 0.2) is 0 Å². The second-order valence-corrected chi connectivity index (χ2v) is 6.38. The Morgan fingerprint density at radius 2 is 2.14 bits per heavy atom. The first-order valence-electron chi connectivity index (χ1n) is 7.50. The molecular weight excluding hydrogens is 268 g/mol. The van der Waals surface area contributed by atoms with Crippen LogP contribution >= 0.6 is 0 Å². The summed E-state index contributed by atoms with van der Waals surface area (Å²) in [5.74, 6) is 0.170. The number of amides is 2. The molecule has 1 aliphatic heterocycles. The highest BCUT2D eigenvalue weighted by Gasteiger charge is 2.35. The first-order chi connectivity index (χ1) is 9.86. The van der Waals surface area contributed by atoms with Gasteiger partial charge in [-0.15, -0.1) is 0 Å². The maximum atomic E-state index is 12.1. The lowest BCUT2D eigenvalue weighted by Gasteiger charge is -2.15. The van der Waals surface area contributed by atoms with Gasteiger partial charge in [-0.2, -0.15) is 5.10 Å². The van der Waals surface area contributed by atoms with Gasteiger partial charge in [-0.05, 0) is 19.8 Å². The quantitative estimate of drug-likeness (QED) is 0.892. The number of rotatable bonds is 5. The van der Waals surface area contributed by atoms with E-state index in [-0.39, 0.29) is 30.2 Å². The van der Waals surface area contributed by atoms with Crippen molar-refractivity contribution in [2.45, 2.75) is 46.7 Å². The Labute approximate surface area is 125 Å². The van der Waals surface area contributed by atoms with E-state index in [0.717, 1.165) is 12.2 Å². The molecule has 6 heteroatoms. The largest absolute Gasteiger partial charge is 0.354 e. The SMILES string of the molecule is CC(C)Cn1cc(N2CC(C(=O)NC(C)C)CC2=O)cn1. The molecule has 1 saturated heterocycles. The Hall–Kier alpha value is -1.85. The molecule has 0 saturated carbocycles. The van der Waals surface area contributed by atoms with Crippen LogP contribution in [0.3, 0.4) is 0 Å². The molecule has 116 valence electrons. The van der Waals surface area contributed by atoms with E-state index in [4.69, 9.17) is 0 Å². The molecule has 0 spiro atoms. The predicted molar refractivity (Wildman–Crippen MR) is 80.8 cm³/mol. The summed E-state index contributed by atoms with van der Waals surface area (Å²) in [4.78, 5) is 25.8. The first-order valence-corrected chi connectivity index (χ1v) is 7.50. The third kappa shape index (κ3) is 3.83. The summed E-state index contributed by atoms with van der Waals surface area (Å²) in [7, 11) is 0. The third-order valence-electron chi connectivity index (χ3n) is 3.41. The van der Waals surface area contributed by atoms with E-state index in [2.05, 4.69) is 24.3 Å². The Kier molecular flexibility index (Phi) is 4.65. The zero-order valence-electron chi connectivity index (χ0n) is 13.2. The van der Waals surface area contributed by atoms with E-state index in [0.29, 0.717) is 12.5 Å². The van der Waals surface area contributed by atoms with E-state index in [1.54, 1.807) is 11.1 Å². The molecule has 0 aromatic carbocycles. The second-order valence-electron chi connectivity index (χ2n) is 6.38. The number of nitrogens with zero attached hydrogens (tertiary/aromatic N) is 3. The summed E-state index contributed by atoms with van der Waals surface area (Å²) in [6, 6.07) is 0.0930. The molecule has 1 unspecified atom stereocenters. The molecular formula is C15H24N4O2. The minimum Gasteiger partial charge on any atom is -0.354 e. The highest BCUT2D eigenvalue weighted by Crippen LogP contribution is 2.25. The molecule has 6 nitrogen and oxygen atoms in total. The molecule has 1 aromatic heterocycles. The van der Waals surface area contributed by atoms with Gasteiger partial charge in [0, 0.05) is 31.7 Å². The minimum absolute atomic E-state index is 0.0111. The minimum atomic E-state index is -0.270. The summed E-state index contributed by atoms with van der Waals surface area (Å²) in [6.07, 6.45) is 3.84. The van der Waals surface area contributed by atoms with Crippen LogP contribution in [0.25, 0.3) is 0 Å². The van der Waals surface area contributed by atoms with Crippen LogP contribution in [0.2, 0.25) is 0 Å². The van der Waals surface area contributed by atoms with Crippen molar-refractivity contribution >= 4 is 17.5 Å². The lowest BCUT2D eigenvalue weighted by atomic mass is 10.1. The fraction of sp³-hybridized carbons (Fsp3) is 0.667. The van der Waals surface area contributed by atoms with Gasteiger partial charge in [-0.1, -0.05) is 13.8 Å². The van der Waals surface area contributed by atoms with E-state index < -0.39 is 0 Å². The molecule has 1 N–H and O–H groups in total. The Balaban J connectivity index is 2.03. The predicted octanol–water partition coefficient (Wildman–Crippen LogP) is 1.42. The van der Waals surface area contributed by atoms with Gasteiger partial charge in [0.05, 0.1) is 17.8 Å². The maximum absolute atomic E-state index is 12.1. The number of hydrogen-bond acceptors (Lipinski definition) is 3. The average molecular weight is 292 g/mol. The Bertz CT molecular complexity index is 521. The van der Waals surface area contributed by atoms with Crippen molar-refractivity contribution in [3.63, 3.8) is 0 Å². The van der Waals surface area contributed by atoms with E-state index >= 15 is 0 Å². The van der Waals surface area contributed by atoms with Crippen molar-refractivity contribution in [1.82, 2.24) is 15.1 Å². The molecule has 2 rings (SSSR count). The van der Waals surface area contributed by atoms with Gasteiger partial charge in [-0.25, -0.2) is 0 Å².